The molecule has 116 valence electrons. The zero-order valence-corrected chi connectivity index (χ0v) is 12.7. The maximum Gasteiger partial charge on any atom is 0.339 e. The Morgan fingerprint density at radius 3 is 2.52 bits per heavy atom. The van der Waals surface area contributed by atoms with E-state index in [0.29, 0.717) is 5.75 Å². The van der Waals surface area contributed by atoms with Crippen molar-refractivity contribution in [3.8, 4) is 11.5 Å². The van der Waals surface area contributed by atoms with Crippen molar-refractivity contribution in [2.75, 3.05) is 6.79 Å². The summed E-state index contributed by atoms with van der Waals surface area (Å²) in [5.74, 6) is -0.0307. The summed E-state index contributed by atoms with van der Waals surface area (Å²) in [5.41, 5.74) is 1.26. The van der Waals surface area contributed by atoms with Gasteiger partial charge in [-0.05, 0) is 36.6 Å². The first-order valence-electron chi connectivity index (χ1n) is 7.22. The van der Waals surface area contributed by atoms with E-state index in [1.165, 1.54) is 6.07 Å². The molecule has 3 rings (SSSR count). The average Bonchev–Trinajstić information content (AvgIpc) is 2.55. The third-order valence-corrected chi connectivity index (χ3v) is 3.54. The molecule has 0 aromatic heterocycles. The highest BCUT2D eigenvalue weighted by molar-refractivity contribution is 5.91. The molecule has 0 aliphatic carbocycles. The minimum atomic E-state index is -1.03. The molecule has 0 saturated heterocycles. The van der Waals surface area contributed by atoms with E-state index in [2.05, 4.69) is 6.07 Å². The number of rotatable bonds is 5. The smallest absolute Gasteiger partial charge is 0.339 e. The number of carboxylic acids is 1. The zero-order chi connectivity index (χ0) is 16.2. The van der Waals surface area contributed by atoms with Crippen LogP contribution in [-0.4, -0.2) is 17.9 Å². The van der Waals surface area contributed by atoms with Crippen molar-refractivity contribution in [3.63, 3.8) is 0 Å². The predicted molar refractivity (Wildman–Crippen MR) is 88.2 cm³/mol. The standard InChI is InChI=1S/C19H16O4/c1-13-9-10-14-5-4-8-18(16(14)11-13)23-12-22-17-7-3-2-6-15(17)19(20)21/h2-11H,12H2,1H3,(H,20,21). The van der Waals surface area contributed by atoms with Gasteiger partial charge in [0.05, 0.1) is 0 Å². The molecule has 3 aromatic rings. The fourth-order valence-electron chi connectivity index (χ4n) is 2.41. The number of ether oxygens (including phenoxy) is 2. The maximum atomic E-state index is 11.1. The number of hydrogen-bond acceptors (Lipinski definition) is 3. The number of carboxylic acid groups (broad SMARTS) is 1. The van der Waals surface area contributed by atoms with E-state index in [1.54, 1.807) is 18.2 Å². The lowest BCUT2D eigenvalue weighted by Gasteiger charge is -2.12. The fraction of sp³-hybridized carbons (Fsp3) is 0.105. The van der Waals surface area contributed by atoms with Crippen LogP contribution in [0.2, 0.25) is 0 Å². The molecule has 0 aliphatic rings. The fourth-order valence-corrected chi connectivity index (χ4v) is 2.41. The van der Waals surface area contributed by atoms with Crippen LogP contribution < -0.4 is 9.47 Å². The first kappa shape index (κ1) is 14.9. The van der Waals surface area contributed by atoms with E-state index in [-0.39, 0.29) is 18.1 Å². The topological polar surface area (TPSA) is 55.8 Å². The van der Waals surface area contributed by atoms with Crippen molar-refractivity contribution in [3.05, 3.63) is 71.8 Å². The highest BCUT2D eigenvalue weighted by Crippen LogP contribution is 2.27. The summed E-state index contributed by atoms with van der Waals surface area (Å²) in [4.78, 5) is 11.1. The first-order valence-corrected chi connectivity index (χ1v) is 7.22. The van der Waals surface area contributed by atoms with Crippen LogP contribution in [0.4, 0.5) is 0 Å². The summed E-state index contributed by atoms with van der Waals surface area (Å²) in [6.45, 7) is 1.97. The van der Waals surface area contributed by atoms with Crippen molar-refractivity contribution in [2.45, 2.75) is 6.92 Å². The minimum Gasteiger partial charge on any atom is -0.478 e. The minimum absolute atomic E-state index is 0.0582. The molecule has 0 bridgehead atoms. The summed E-state index contributed by atoms with van der Waals surface area (Å²) < 4.78 is 11.2. The molecule has 0 heterocycles. The summed E-state index contributed by atoms with van der Waals surface area (Å²) >= 11 is 0. The molecule has 4 heteroatoms. The first-order chi connectivity index (χ1) is 11.1. The molecule has 0 spiro atoms. The van der Waals surface area contributed by atoms with Gasteiger partial charge in [-0.25, -0.2) is 4.79 Å². The second-order valence-corrected chi connectivity index (χ2v) is 5.19. The highest BCUT2D eigenvalue weighted by atomic mass is 16.7. The van der Waals surface area contributed by atoms with Crippen molar-refractivity contribution in [1.82, 2.24) is 0 Å². The Hall–Kier alpha value is -3.01. The summed E-state index contributed by atoms with van der Waals surface area (Å²) in [6.07, 6.45) is 0. The second kappa shape index (κ2) is 6.40. The largest absolute Gasteiger partial charge is 0.478 e. The van der Waals surface area contributed by atoms with Gasteiger partial charge in [0.2, 0.25) is 6.79 Å². The summed E-state index contributed by atoms with van der Waals surface area (Å²) in [6, 6.07) is 18.4. The van der Waals surface area contributed by atoms with Crippen molar-refractivity contribution in [1.29, 1.82) is 0 Å². The van der Waals surface area contributed by atoms with Crippen LogP contribution in [0.15, 0.2) is 60.7 Å². The lowest BCUT2D eigenvalue weighted by Crippen LogP contribution is -2.09. The molecule has 0 amide bonds. The van der Waals surface area contributed by atoms with E-state index in [0.717, 1.165) is 16.3 Å². The number of benzene rings is 3. The molecule has 3 aromatic carbocycles. The summed E-state index contributed by atoms with van der Waals surface area (Å²) in [7, 11) is 0. The van der Waals surface area contributed by atoms with E-state index in [9.17, 15) is 4.79 Å². The van der Waals surface area contributed by atoms with Crippen LogP contribution in [0.3, 0.4) is 0 Å². The van der Waals surface area contributed by atoms with Gasteiger partial charge in [-0.3, -0.25) is 0 Å². The molecule has 23 heavy (non-hydrogen) atoms. The molecule has 1 N–H and O–H groups in total. The van der Waals surface area contributed by atoms with E-state index < -0.39 is 5.97 Å². The average molecular weight is 308 g/mol. The molecule has 4 nitrogen and oxygen atoms in total. The van der Waals surface area contributed by atoms with E-state index in [4.69, 9.17) is 14.6 Å². The Labute approximate surface area is 133 Å². The number of para-hydroxylation sites is 1. The molecule has 0 radical (unpaired) electrons. The van der Waals surface area contributed by atoms with Gasteiger partial charge in [-0.2, -0.15) is 0 Å². The number of aromatic carboxylic acids is 1. The van der Waals surface area contributed by atoms with Gasteiger partial charge >= 0.3 is 5.97 Å². The highest BCUT2D eigenvalue weighted by Gasteiger charge is 2.10. The van der Waals surface area contributed by atoms with Crippen LogP contribution in [0.1, 0.15) is 15.9 Å². The number of fused-ring (bicyclic) bond motifs is 1. The van der Waals surface area contributed by atoms with Gasteiger partial charge in [0, 0.05) is 5.39 Å². The Morgan fingerprint density at radius 1 is 0.957 bits per heavy atom. The van der Waals surface area contributed by atoms with Gasteiger partial charge in [0.25, 0.3) is 0 Å². The number of aryl methyl sites for hydroxylation is 1. The number of hydrogen-bond donors (Lipinski definition) is 1. The SMILES string of the molecule is Cc1ccc2cccc(OCOc3ccccc3C(=O)O)c2c1. The molecule has 0 saturated carbocycles. The molecule has 0 atom stereocenters. The quantitative estimate of drug-likeness (QED) is 0.715. The molecule has 0 aliphatic heterocycles. The van der Waals surface area contributed by atoms with Gasteiger partial charge in [0.15, 0.2) is 0 Å². The Bertz CT molecular complexity index is 855. The lowest BCUT2D eigenvalue weighted by atomic mass is 10.1. The Morgan fingerprint density at radius 2 is 1.70 bits per heavy atom. The Kier molecular flexibility index (Phi) is 4.15. The molecule has 0 unspecified atom stereocenters. The van der Waals surface area contributed by atoms with Gasteiger partial charge in [-0.15, -0.1) is 0 Å². The van der Waals surface area contributed by atoms with Gasteiger partial charge in [0.1, 0.15) is 17.1 Å². The van der Waals surface area contributed by atoms with E-state index >= 15 is 0 Å². The van der Waals surface area contributed by atoms with Gasteiger partial charge < -0.3 is 14.6 Å². The van der Waals surface area contributed by atoms with Crippen LogP contribution in [0, 0.1) is 6.92 Å². The van der Waals surface area contributed by atoms with Crippen LogP contribution in [-0.2, 0) is 0 Å². The molecule has 0 fully saturated rings. The van der Waals surface area contributed by atoms with Crippen molar-refractivity contribution < 1.29 is 19.4 Å². The van der Waals surface area contributed by atoms with Crippen LogP contribution in [0.25, 0.3) is 10.8 Å². The third kappa shape index (κ3) is 3.26. The van der Waals surface area contributed by atoms with Crippen LogP contribution in [0.5, 0.6) is 11.5 Å². The predicted octanol–water partition coefficient (Wildman–Crippen LogP) is 4.26. The maximum absolute atomic E-state index is 11.1. The third-order valence-electron chi connectivity index (χ3n) is 3.54. The zero-order valence-electron chi connectivity index (χ0n) is 12.7. The van der Waals surface area contributed by atoms with Crippen LogP contribution >= 0.6 is 0 Å². The lowest BCUT2D eigenvalue weighted by molar-refractivity contribution is 0.0682. The monoisotopic (exact) mass is 308 g/mol. The second-order valence-electron chi connectivity index (χ2n) is 5.19. The van der Waals surface area contributed by atoms with Gasteiger partial charge in [-0.1, -0.05) is 42.0 Å². The van der Waals surface area contributed by atoms with E-state index in [1.807, 2.05) is 37.3 Å². The normalized spacial score (nSPS) is 10.5. The van der Waals surface area contributed by atoms with Crippen molar-refractivity contribution in [2.24, 2.45) is 0 Å². The summed E-state index contributed by atoms with van der Waals surface area (Å²) in [5, 5.41) is 11.2. The van der Waals surface area contributed by atoms with Crippen molar-refractivity contribution >= 4 is 16.7 Å². The Balaban J connectivity index is 1.77. The molecular weight excluding hydrogens is 292 g/mol. The number of carbonyl (C=O) groups is 1. The molecular formula is C19H16O4.